The van der Waals surface area contributed by atoms with E-state index in [0.29, 0.717) is 67.6 Å². The van der Waals surface area contributed by atoms with Crippen LogP contribution in [0.15, 0.2) is 48.5 Å². The van der Waals surface area contributed by atoms with Crippen molar-refractivity contribution in [2.24, 2.45) is 11.8 Å². The van der Waals surface area contributed by atoms with E-state index in [1.807, 2.05) is 32.9 Å². The molecule has 93 heavy (non-hydrogen) atoms. The van der Waals surface area contributed by atoms with Gasteiger partial charge in [-0.1, -0.05) is 43.6 Å². The third kappa shape index (κ3) is 29.4. The predicted molar refractivity (Wildman–Crippen MR) is 388 cm³/mol. The minimum Gasteiger partial charge on any atom is -0.437 e. The fourth-order valence-corrected chi connectivity index (χ4v) is 61.4. The molecule has 0 N–H and O–H groups in total. The second-order valence-corrected chi connectivity index (χ2v) is 73.5. The number of halogens is 6. The Morgan fingerprint density at radius 2 is 0.785 bits per heavy atom. The normalized spacial score (nSPS) is 22.3. The maximum absolute atomic E-state index is 13.8. The highest BCUT2D eigenvalue weighted by atomic mass is 127. The molecule has 7 rings (SSSR count). The Balaban J connectivity index is 0.000000261. The molecule has 2 aliphatic heterocycles. The molecule has 9 unspecified atom stereocenters. The molecule has 2 aliphatic carbocycles. The standard InChI is InChI=1S/C26H62O8Si6.C21H15BF5I.C17H40O4Si4/c1-14-27-40(28-15-2,29-16-3)22-21-39(13,32-36(7,8)9)34-38(12,33-37(10,11)31-35(4,5)6)20-19-24-17-18-25-26(23-24)30-25;1-11(2)12-3-7-14(8-4-12)28-15-9-5-13(6-10-15)22-16-17(23)19(25)21(27)20(26)18(16)24;1-22(2,3)19-24(7,8)21-25(9,20-23(4,5)6)13-12-15-10-11-16-17(14-15)18-16/h24-26H,14-23H2,1-13H3;3-11H,1-2H3;15-17H,10-14H2,1-9H3/q;+1;. The number of fused-ring (bicyclic) bond motifs is 2. The van der Waals surface area contributed by atoms with Gasteiger partial charge in [0, 0.05) is 25.9 Å². The maximum atomic E-state index is 13.8. The molecule has 12 nitrogen and oxygen atoms in total. The van der Waals surface area contributed by atoms with Crippen LogP contribution in [0.1, 0.15) is 97.5 Å². The first kappa shape index (κ1) is 83.5. The molecule has 4 aliphatic rings. The van der Waals surface area contributed by atoms with Gasteiger partial charge in [-0.25, -0.2) is 22.0 Å². The van der Waals surface area contributed by atoms with Crippen LogP contribution in [0.4, 0.5) is 22.0 Å². The summed E-state index contributed by atoms with van der Waals surface area (Å²) >= 11 is -0.437. The van der Waals surface area contributed by atoms with E-state index in [-0.39, 0.29) is 0 Å². The molecule has 0 bridgehead atoms. The van der Waals surface area contributed by atoms with Crippen LogP contribution < -0.4 is 32.1 Å². The van der Waals surface area contributed by atoms with Gasteiger partial charge in [-0.3, -0.25) is 0 Å². The summed E-state index contributed by atoms with van der Waals surface area (Å²) in [6.45, 7) is 54.6. The van der Waals surface area contributed by atoms with E-state index in [4.69, 9.17) is 51.6 Å². The molecule has 0 amide bonds. The molecule has 3 aromatic carbocycles. The number of ether oxygens (including phenoxy) is 2. The Morgan fingerprint density at radius 1 is 0.430 bits per heavy atom. The lowest BCUT2D eigenvalue weighted by Gasteiger charge is -2.45. The summed E-state index contributed by atoms with van der Waals surface area (Å²) < 4.78 is 148. The zero-order valence-electron chi connectivity index (χ0n) is 61.0. The monoisotopic (exact) mass is 1590 g/mol. The number of hydrogen-bond acceptors (Lipinski definition) is 12. The van der Waals surface area contributed by atoms with Crippen molar-refractivity contribution in [3.8, 4) is 0 Å². The van der Waals surface area contributed by atoms with E-state index >= 15 is 0 Å². The van der Waals surface area contributed by atoms with E-state index in [0.717, 1.165) is 41.3 Å². The van der Waals surface area contributed by atoms with Gasteiger partial charge in [-0.2, -0.15) is 0 Å². The smallest absolute Gasteiger partial charge is 0.437 e. The van der Waals surface area contributed by atoms with Gasteiger partial charge in [0.15, 0.2) is 76.8 Å². The van der Waals surface area contributed by atoms with Crippen LogP contribution in [0.2, 0.25) is 149 Å². The van der Waals surface area contributed by atoms with Crippen molar-refractivity contribution in [2.45, 2.75) is 265 Å². The highest BCUT2D eigenvalue weighted by Crippen LogP contribution is 2.44. The van der Waals surface area contributed by atoms with Crippen molar-refractivity contribution in [3.63, 3.8) is 0 Å². The summed E-state index contributed by atoms with van der Waals surface area (Å²) in [4.78, 5) is 0. The first-order valence-electron chi connectivity index (χ1n) is 34.0. The third-order valence-corrected chi connectivity index (χ3v) is 53.7. The zero-order valence-corrected chi connectivity index (χ0v) is 73.2. The molecule has 529 valence electrons. The molecule has 9 atom stereocenters. The minimum absolute atomic E-state index is 0.353. The number of rotatable bonds is 34. The molecule has 0 aromatic heterocycles. The van der Waals surface area contributed by atoms with E-state index in [1.54, 1.807) is 12.1 Å². The third-order valence-electron chi connectivity index (χ3n) is 15.9. The van der Waals surface area contributed by atoms with Crippen LogP contribution in [0.25, 0.3) is 0 Å². The predicted octanol–water partition coefficient (Wildman–Crippen LogP) is 14.3. The van der Waals surface area contributed by atoms with Crippen molar-refractivity contribution in [3.05, 3.63) is 90.3 Å². The summed E-state index contributed by atoms with van der Waals surface area (Å²) in [7, 11) is -21.1. The second kappa shape index (κ2) is 34.6. The van der Waals surface area contributed by atoms with Gasteiger partial charge in [0.05, 0.1) is 24.4 Å². The van der Waals surface area contributed by atoms with Crippen molar-refractivity contribution >= 4 is 103 Å². The molecule has 2 saturated heterocycles. The highest BCUT2D eigenvalue weighted by molar-refractivity contribution is 6.92. The van der Waals surface area contributed by atoms with Crippen LogP contribution in [-0.4, -0.2) is 136 Å². The molecule has 4 fully saturated rings. The summed E-state index contributed by atoms with van der Waals surface area (Å²) in [5.74, 6) is -7.80. The van der Waals surface area contributed by atoms with E-state index in [1.165, 1.54) is 54.1 Å². The van der Waals surface area contributed by atoms with Gasteiger partial charge >= 0.3 is 72.8 Å². The van der Waals surface area contributed by atoms with E-state index in [2.05, 4.69) is 163 Å². The lowest BCUT2D eigenvalue weighted by Crippen LogP contribution is -3.61. The van der Waals surface area contributed by atoms with Gasteiger partial charge in [0.2, 0.25) is 0 Å². The summed E-state index contributed by atoms with van der Waals surface area (Å²) in [5, 5.41) is 0. The van der Waals surface area contributed by atoms with Gasteiger partial charge < -0.3 is 51.6 Å². The highest BCUT2D eigenvalue weighted by Gasteiger charge is 2.53. The molecule has 3 aromatic rings. The van der Waals surface area contributed by atoms with Crippen LogP contribution >= 0.6 is 0 Å². The van der Waals surface area contributed by atoms with Gasteiger partial charge in [0.1, 0.15) is 0 Å². The Bertz CT molecular complexity index is 2780. The number of epoxide rings is 2. The molecule has 0 spiro atoms. The average Bonchev–Trinajstić information content (AvgIpc) is 1.24. The zero-order chi connectivity index (χ0) is 70.0. The van der Waals surface area contributed by atoms with Crippen molar-refractivity contribution in [1.82, 2.24) is 0 Å². The van der Waals surface area contributed by atoms with Gasteiger partial charge in [-0.15, -0.1) is 0 Å². The number of benzene rings is 3. The minimum atomic E-state index is -2.84. The largest absolute Gasteiger partial charge is 0.500 e. The molecule has 1 radical (unpaired) electrons. The Hall–Kier alpha value is -0.206. The number of hydrogen-bond donors (Lipinski definition) is 0. The average molecular weight is 1590 g/mol. The van der Waals surface area contributed by atoms with Gasteiger partial charge in [-0.05, 0) is 268 Å². The first-order valence-corrected chi connectivity index (χ1v) is 65.0. The molecular weight excluding hydrogens is 1470 g/mol. The Labute approximate surface area is 580 Å². The van der Waals surface area contributed by atoms with Crippen LogP contribution in [0, 0.1) is 48.1 Å². The van der Waals surface area contributed by atoms with Crippen molar-refractivity contribution in [1.29, 1.82) is 0 Å². The lowest BCUT2D eigenvalue weighted by molar-refractivity contribution is -0.597. The molecule has 29 heteroatoms. The maximum Gasteiger partial charge on any atom is 0.500 e. The van der Waals surface area contributed by atoms with Crippen molar-refractivity contribution in [2.75, 3.05) is 19.8 Å². The fourth-order valence-electron chi connectivity index (χ4n) is 13.1. The SMILES string of the molecule is CC(C)c1ccc([I+]c2ccc([B]c3c(F)c(F)c(F)c(F)c3F)cc2)cc1.CCO[Si](CC[Si](C)(O[Si](C)(C)C)O[Si](C)(CCC1CCC2OC2C1)O[Si](C)(C)O[Si](C)(C)C)(OCC)OCC.C[Si](C)(C)O[Si](C)(C)O[Si](C)(CCC1CCC2OC2C1)O[Si](C)(C)C. The summed E-state index contributed by atoms with van der Waals surface area (Å²) in [6.07, 6.45) is 11.9. The van der Waals surface area contributed by atoms with Crippen LogP contribution in [0.3, 0.4) is 0 Å². The summed E-state index contributed by atoms with van der Waals surface area (Å²) in [6, 6.07) is 18.7. The Morgan fingerprint density at radius 3 is 1.14 bits per heavy atom. The van der Waals surface area contributed by atoms with Crippen LogP contribution in [0.5, 0.6) is 0 Å². The van der Waals surface area contributed by atoms with Gasteiger partial charge in [0.25, 0.3) is 0 Å². The molecule has 2 heterocycles. The van der Waals surface area contributed by atoms with Crippen LogP contribution in [-0.2, 0) is 51.6 Å². The van der Waals surface area contributed by atoms with Crippen molar-refractivity contribution < 1.29 is 94.7 Å². The first-order chi connectivity index (χ1) is 42.7. The van der Waals surface area contributed by atoms with E-state index in [9.17, 15) is 22.0 Å². The lowest BCUT2D eigenvalue weighted by atomic mass is 9.63. The topological polar surface area (TPSA) is 117 Å². The molecule has 2 saturated carbocycles. The summed E-state index contributed by atoms with van der Waals surface area (Å²) in [5.41, 5.74) is 0.676. The second-order valence-electron chi connectivity index (χ2n) is 31.2. The fraction of sp³-hybridized carbons (Fsp3) is 0.719. The van der Waals surface area contributed by atoms with E-state index < -0.39 is 141 Å². The quantitative estimate of drug-likeness (QED) is 0.0141. The Kier molecular flexibility index (Phi) is 31.1. The molecular formula is C64H117BF5IO12Si10+.